The molecule has 0 N–H and O–H groups in total. The third-order valence-corrected chi connectivity index (χ3v) is 3.01. The Balaban J connectivity index is 2.30. The molecule has 0 saturated heterocycles. The van der Waals surface area contributed by atoms with E-state index in [0.29, 0.717) is 11.3 Å². The zero-order valence-corrected chi connectivity index (χ0v) is 11.8. The summed E-state index contributed by atoms with van der Waals surface area (Å²) < 4.78 is 5.51. The Labute approximate surface area is 119 Å². The topological polar surface area (TPSA) is 26.3 Å². The normalized spacial score (nSPS) is 11.2. The maximum Gasteiger partial charge on any atom is 0.338 e. The molecule has 102 valence electrons. The van der Waals surface area contributed by atoms with Crippen LogP contribution in [0.1, 0.15) is 20.3 Å². The summed E-state index contributed by atoms with van der Waals surface area (Å²) in [6, 6.07) is 17.5. The Bertz CT molecular complexity index is 612. The molecule has 2 rings (SSSR count). The molecule has 0 unspecified atom stereocenters. The lowest BCUT2D eigenvalue weighted by Gasteiger charge is -2.10. The van der Waals surface area contributed by atoms with Crippen LogP contribution in [0, 0.1) is 0 Å². The summed E-state index contributed by atoms with van der Waals surface area (Å²) in [5.74, 6) is 0.294. The molecule has 0 saturated carbocycles. The van der Waals surface area contributed by atoms with Crippen molar-refractivity contribution in [1.29, 1.82) is 0 Å². The summed E-state index contributed by atoms with van der Waals surface area (Å²) in [4.78, 5) is 12.0. The van der Waals surface area contributed by atoms with Crippen molar-refractivity contribution in [1.82, 2.24) is 0 Å². The van der Waals surface area contributed by atoms with Gasteiger partial charge in [-0.25, -0.2) is 4.79 Å². The van der Waals surface area contributed by atoms with Gasteiger partial charge in [-0.05, 0) is 25.0 Å². The van der Waals surface area contributed by atoms with Crippen LogP contribution in [-0.4, -0.2) is 5.97 Å². The molecule has 0 bridgehead atoms. The Morgan fingerprint density at radius 2 is 1.70 bits per heavy atom. The van der Waals surface area contributed by atoms with Gasteiger partial charge in [0.05, 0.1) is 0 Å². The van der Waals surface area contributed by atoms with E-state index < -0.39 is 0 Å². The number of carbonyl (C=O) groups excluding carboxylic acids is 1. The maximum atomic E-state index is 12.0. The van der Waals surface area contributed by atoms with Gasteiger partial charge in [0, 0.05) is 11.1 Å². The van der Waals surface area contributed by atoms with Crippen LogP contribution in [0.3, 0.4) is 0 Å². The van der Waals surface area contributed by atoms with E-state index in [9.17, 15) is 4.79 Å². The third kappa shape index (κ3) is 3.35. The number of hydrogen-bond donors (Lipinski definition) is 0. The van der Waals surface area contributed by atoms with E-state index in [2.05, 4.69) is 0 Å². The van der Waals surface area contributed by atoms with Crippen molar-refractivity contribution in [3.8, 4) is 16.9 Å². The van der Waals surface area contributed by atoms with Gasteiger partial charge in [-0.2, -0.15) is 0 Å². The summed E-state index contributed by atoms with van der Waals surface area (Å²) >= 11 is 0. The molecule has 0 heterocycles. The minimum Gasteiger partial charge on any atom is -0.423 e. The predicted octanol–water partition coefficient (Wildman–Crippen LogP) is 4.62. The van der Waals surface area contributed by atoms with Crippen molar-refractivity contribution >= 4 is 5.97 Å². The Morgan fingerprint density at radius 3 is 2.40 bits per heavy atom. The molecule has 0 amide bonds. The van der Waals surface area contributed by atoms with Crippen LogP contribution < -0.4 is 4.74 Å². The van der Waals surface area contributed by atoms with Gasteiger partial charge in [-0.3, -0.25) is 0 Å². The molecular formula is C18H18O2. The first-order valence-corrected chi connectivity index (χ1v) is 6.75. The highest BCUT2D eigenvalue weighted by atomic mass is 16.5. The lowest BCUT2D eigenvalue weighted by Crippen LogP contribution is -2.09. The molecule has 0 aliphatic rings. The van der Waals surface area contributed by atoms with Crippen LogP contribution in [0.5, 0.6) is 5.75 Å². The number of ether oxygens (including phenoxy) is 1. The molecular weight excluding hydrogens is 248 g/mol. The van der Waals surface area contributed by atoms with Gasteiger partial charge in [-0.15, -0.1) is 0 Å². The van der Waals surface area contributed by atoms with Gasteiger partial charge in [0.15, 0.2) is 0 Å². The molecule has 0 aliphatic heterocycles. The SMILES string of the molecule is CCC=C(C)C(=O)Oc1ccccc1-c1ccccc1. The molecule has 0 atom stereocenters. The number of para-hydroxylation sites is 1. The fraction of sp³-hybridized carbons (Fsp3) is 0.167. The largest absolute Gasteiger partial charge is 0.423 e. The monoisotopic (exact) mass is 266 g/mol. The quantitative estimate of drug-likeness (QED) is 0.458. The van der Waals surface area contributed by atoms with Crippen molar-refractivity contribution < 1.29 is 9.53 Å². The summed E-state index contributed by atoms with van der Waals surface area (Å²) in [5, 5.41) is 0. The second kappa shape index (κ2) is 6.71. The first-order chi connectivity index (χ1) is 9.72. The second-order valence-electron chi connectivity index (χ2n) is 4.55. The van der Waals surface area contributed by atoms with E-state index in [-0.39, 0.29) is 5.97 Å². The molecule has 2 aromatic rings. The Kier molecular flexibility index (Phi) is 4.72. The van der Waals surface area contributed by atoms with Crippen molar-refractivity contribution in [3.05, 3.63) is 66.2 Å². The number of esters is 1. The number of hydrogen-bond acceptors (Lipinski definition) is 2. The molecule has 2 nitrogen and oxygen atoms in total. The minimum atomic E-state index is -0.296. The average molecular weight is 266 g/mol. The summed E-state index contributed by atoms with van der Waals surface area (Å²) in [6.07, 6.45) is 2.69. The van der Waals surface area contributed by atoms with Gasteiger partial charge in [0.1, 0.15) is 5.75 Å². The maximum absolute atomic E-state index is 12.0. The summed E-state index contributed by atoms with van der Waals surface area (Å²) in [7, 11) is 0. The molecule has 0 aliphatic carbocycles. The molecule has 2 heteroatoms. The van der Waals surface area contributed by atoms with Crippen LogP contribution in [0.2, 0.25) is 0 Å². The summed E-state index contributed by atoms with van der Waals surface area (Å²) in [5.41, 5.74) is 2.59. The van der Waals surface area contributed by atoms with Crippen LogP contribution >= 0.6 is 0 Å². The number of benzene rings is 2. The van der Waals surface area contributed by atoms with Crippen LogP contribution in [-0.2, 0) is 4.79 Å². The molecule has 0 aromatic heterocycles. The van der Waals surface area contributed by atoms with E-state index in [4.69, 9.17) is 4.74 Å². The van der Waals surface area contributed by atoms with Crippen LogP contribution in [0.4, 0.5) is 0 Å². The van der Waals surface area contributed by atoms with E-state index in [1.54, 1.807) is 6.92 Å². The van der Waals surface area contributed by atoms with Crippen molar-refractivity contribution in [3.63, 3.8) is 0 Å². The third-order valence-electron chi connectivity index (χ3n) is 3.01. The highest BCUT2D eigenvalue weighted by Gasteiger charge is 2.11. The number of rotatable bonds is 4. The molecule has 0 radical (unpaired) electrons. The average Bonchev–Trinajstić information content (AvgIpc) is 2.49. The van der Waals surface area contributed by atoms with E-state index in [0.717, 1.165) is 17.5 Å². The highest BCUT2D eigenvalue weighted by molar-refractivity contribution is 5.90. The zero-order valence-electron chi connectivity index (χ0n) is 11.8. The fourth-order valence-electron chi connectivity index (χ4n) is 1.98. The van der Waals surface area contributed by atoms with E-state index >= 15 is 0 Å². The minimum absolute atomic E-state index is 0.296. The van der Waals surface area contributed by atoms with Gasteiger partial charge in [0.2, 0.25) is 0 Å². The van der Waals surface area contributed by atoms with Gasteiger partial charge in [-0.1, -0.05) is 61.5 Å². The van der Waals surface area contributed by atoms with Crippen molar-refractivity contribution in [2.24, 2.45) is 0 Å². The van der Waals surface area contributed by atoms with Gasteiger partial charge < -0.3 is 4.74 Å². The lowest BCUT2D eigenvalue weighted by atomic mass is 10.0. The number of allylic oxidation sites excluding steroid dienone is 1. The number of carbonyl (C=O) groups is 1. The standard InChI is InChI=1S/C18H18O2/c1-3-9-14(2)18(19)20-17-13-8-7-12-16(17)15-10-5-4-6-11-15/h4-13H,3H2,1-2H3. The van der Waals surface area contributed by atoms with Crippen LogP contribution in [0.25, 0.3) is 11.1 Å². The van der Waals surface area contributed by atoms with Crippen molar-refractivity contribution in [2.45, 2.75) is 20.3 Å². The Morgan fingerprint density at radius 1 is 1.05 bits per heavy atom. The predicted molar refractivity (Wildman–Crippen MR) is 81.6 cm³/mol. The zero-order chi connectivity index (χ0) is 14.4. The smallest absolute Gasteiger partial charge is 0.338 e. The van der Waals surface area contributed by atoms with Crippen LogP contribution in [0.15, 0.2) is 66.2 Å². The second-order valence-corrected chi connectivity index (χ2v) is 4.55. The first-order valence-electron chi connectivity index (χ1n) is 6.75. The lowest BCUT2D eigenvalue weighted by molar-refractivity contribution is -0.130. The van der Waals surface area contributed by atoms with E-state index in [1.165, 1.54) is 0 Å². The van der Waals surface area contributed by atoms with E-state index in [1.807, 2.05) is 67.6 Å². The molecule has 0 fully saturated rings. The molecule has 0 spiro atoms. The molecule has 20 heavy (non-hydrogen) atoms. The van der Waals surface area contributed by atoms with Crippen molar-refractivity contribution in [2.75, 3.05) is 0 Å². The molecule has 2 aromatic carbocycles. The first kappa shape index (κ1) is 14.1. The van der Waals surface area contributed by atoms with Gasteiger partial charge >= 0.3 is 5.97 Å². The Hall–Kier alpha value is -2.35. The van der Waals surface area contributed by atoms with Gasteiger partial charge in [0.25, 0.3) is 0 Å². The fourth-order valence-corrected chi connectivity index (χ4v) is 1.98. The summed E-state index contributed by atoms with van der Waals surface area (Å²) in [6.45, 7) is 3.77. The highest BCUT2D eigenvalue weighted by Crippen LogP contribution is 2.29.